The number of rotatable bonds is 8. The second-order valence-electron chi connectivity index (χ2n) is 8.54. The lowest BCUT2D eigenvalue weighted by molar-refractivity contribution is -0.138. The Morgan fingerprint density at radius 3 is 2.74 bits per heavy atom. The van der Waals surface area contributed by atoms with Crippen LogP contribution in [0.15, 0.2) is 103 Å². The monoisotopic (exact) mass is 605 g/mol. The van der Waals surface area contributed by atoms with Gasteiger partial charge in [0.15, 0.2) is 0 Å². The fourth-order valence-corrected chi connectivity index (χ4v) is 5.49. The van der Waals surface area contributed by atoms with Crippen molar-refractivity contribution in [2.24, 2.45) is 4.99 Å². The van der Waals surface area contributed by atoms with Gasteiger partial charge in [-0.25, -0.2) is 9.79 Å². The van der Waals surface area contributed by atoms with Crippen LogP contribution in [-0.4, -0.2) is 33.2 Å². The standard InChI is InChI=1S/C29H24BrN3O5S/c1-2-37-29(36)26-27(35)24(39-28(26)32-20-7-4-3-5-8-20)13-18-16-33(23-11-10-19(30)14-22(18)23)17-25(34)31-15-21-9-6-12-38-21/h3-14,16,35H,2,15,17H2,1H3,(H,31,34)/b24-13-,32-28?. The van der Waals surface area contributed by atoms with Crippen molar-refractivity contribution in [2.45, 2.75) is 20.0 Å². The summed E-state index contributed by atoms with van der Waals surface area (Å²) in [5.41, 5.74) is 2.29. The second-order valence-corrected chi connectivity index (χ2v) is 10.5. The molecule has 4 aromatic rings. The Morgan fingerprint density at radius 2 is 2.00 bits per heavy atom. The number of nitrogens with one attached hydrogen (secondary N) is 1. The summed E-state index contributed by atoms with van der Waals surface area (Å²) >= 11 is 4.72. The van der Waals surface area contributed by atoms with Crippen molar-refractivity contribution >= 4 is 67.3 Å². The number of aromatic nitrogens is 1. The normalized spacial score (nSPS) is 15.4. The highest BCUT2D eigenvalue weighted by Gasteiger charge is 2.33. The van der Waals surface area contributed by atoms with Crippen LogP contribution in [0.5, 0.6) is 0 Å². The molecule has 2 aromatic carbocycles. The van der Waals surface area contributed by atoms with Crippen molar-refractivity contribution in [3.8, 4) is 0 Å². The molecule has 3 heterocycles. The van der Waals surface area contributed by atoms with E-state index in [-0.39, 0.29) is 30.4 Å². The Hall–Kier alpha value is -4.02. The maximum Gasteiger partial charge on any atom is 0.344 e. The highest BCUT2D eigenvalue weighted by Crippen LogP contribution is 2.41. The molecule has 2 aromatic heterocycles. The quantitative estimate of drug-likeness (QED) is 0.222. The van der Waals surface area contributed by atoms with Gasteiger partial charge in [0.2, 0.25) is 5.91 Å². The topological polar surface area (TPSA) is 106 Å². The lowest BCUT2D eigenvalue weighted by atomic mass is 10.1. The van der Waals surface area contributed by atoms with Crippen molar-refractivity contribution in [1.29, 1.82) is 0 Å². The first-order chi connectivity index (χ1) is 18.9. The maximum atomic E-state index is 12.8. The molecule has 5 rings (SSSR count). The molecule has 0 spiro atoms. The van der Waals surface area contributed by atoms with Gasteiger partial charge in [-0.2, -0.15) is 0 Å². The minimum absolute atomic E-state index is 0.0270. The Labute approximate surface area is 237 Å². The largest absolute Gasteiger partial charge is 0.506 e. The van der Waals surface area contributed by atoms with E-state index < -0.39 is 5.97 Å². The molecule has 0 aliphatic carbocycles. The minimum Gasteiger partial charge on any atom is -0.506 e. The zero-order valence-corrected chi connectivity index (χ0v) is 23.3. The Bertz CT molecular complexity index is 1620. The van der Waals surface area contributed by atoms with Gasteiger partial charge in [0.25, 0.3) is 0 Å². The molecule has 198 valence electrons. The summed E-state index contributed by atoms with van der Waals surface area (Å²) in [7, 11) is 0. The number of aliphatic hydroxyl groups excluding tert-OH is 1. The van der Waals surface area contributed by atoms with Gasteiger partial charge in [-0.3, -0.25) is 4.79 Å². The van der Waals surface area contributed by atoms with E-state index in [4.69, 9.17) is 9.15 Å². The predicted octanol–water partition coefficient (Wildman–Crippen LogP) is 6.51. The fraction of sp³-hybridized carbons (Fsp3) is 0.138. The van der Waals surface area contributed by atoms with E-state index >= 15 is 0 Å². The molecule has 0 radical (unpaired) electrons. The number of amides is 1. The summed E-state index contributed by atoms with van der Waals surface area (Å²) < 4.78 is 13.2. The van der Waals surface area contributed by atoms with Gasteiger partial charge < -0.3 is 24.1 Å². The van der Waals surface area contributed by atoms with Gasteiger partial charge in [0, 0.05) is 27.1 Å². The molecule has 1 aliphatic rings. The van der Waals surface area contributed by atoms with Crippen molar-refractivity contribution in [2.75, 3.05) is 6.61 Å². The predicted molar refractivity (Wildman–Crippen MR) is 156 cm³/mol. The molecule has 0 atom stereocenters. The lowest BCUT2D eigenvalue weighted by Crippen LogP contribution is -2.26. The molecule has 1 amide bonds. The van der Waals surface area contributed by atoms with Crippen LogP contribution in [0.2, 0.25) is 0 Å². The third kappa shape index (κ3) is 6.02. The number of ether oxygens (including phenoxy) is 1. The molecule has 0 fully saturated rings. The van der Waals surface area contributed by atoms with E-state index in [2.05, 4.69) is 26.2 Å². The van der Waals surface area contributed by atoms with Crippen molar-refractivity contribution in [1.82, 2.24) is 9.88 Å². The minimum atomic E-state index is -0.640. The lowest BCUT2D eigenvalue weighted by Gasteiger charge is -2.06. The molecular weight excluding hydrogens is 582 g/mol. The van der Waals surface area contributed by atoms with Crippen LogP contribution in [0, 0.1) is 0 Å². The molecule has 39 heavy (non-hydrogen) atoms. The number of para-hydroxylation sites is 1. The van der Waals surface area contributed by atoms with Crippen LogP contribution >= 0.6 is 27.7 Å². The summed E-state index contributed by atoms with van der Waals surface area (Å²) in [6.07, 6.45) is 5.20. The zero-order chi connectivity index (χ0) is 27.4. The molecule has 8 nitrogen and oxygen atoms in total. The summed E-state index contributed by atoms with van der Waals surface area (Å²) in [4.78, 5) is 30.5. The summed E-state index contributed by atoms with van der Waals surface area (Å²) in [5.74, 6) is -0.342. The third-order valence-corrected chi connectivity index (χ3v) is 7.38. The first-order valence-electron chi connectivity index (χ1n) is 12.1. The Balaban J connectivity index is 1.50. The van der Waals surface area contributed by atoms with Gasteiger partial charge in [0.05, 0.1) is 30.0 Å². The smallest absolute Gasteiger partial charge is 0.344 e. The van der Waals surface area contributed by atoms with E-state index in [9.17, 15) is 14.7 Å². The second kappa shape index (κ2) is 11.8. The first-order valence-corrected chi connectivity index (χ1v) is 13.8. The first kappa shape index (κ1) is 26.6. The molecule has 10 heteroatoms. The van der Waals surface area contributed by atoms with Crippen molar-refractivity contribution < 1.29 is 23.8 Å². The highest BCUT2D eigenvalue weighted by molar-refractivity contribution is 9.10. The Kier molecular flexibility index (Phi) is 8.04. The van der Waals surface area contributed by atoms with E-state index in [1.54, 1.807) is 31.4 Å². The van der Waals surface area contributed by atoms with Crippen LogP contribution in [-0.2, 0) is 27.4 Å². The van der Waals surface area contributed by atoms with Gasteiger partial charge in [0.1, 0.15) is 28.7 Å². The number of aliphatic hydroxyl groups is 1. The molecule has 1 aliphatic heterocycles. The van der Waals surface area contributed by atoms with Gasteiger partial charge >= 0.3 is 5.97 Å². The van der Waals surface area contributed by atoms with Gasteiger partial charge in [-0.15, -0.1) is 0 Å². The van der Waals surface area contributed by atoms with E-state index in [0.717, 1.165) is 20.9 Å². The number of halogens is 1. The molecule has 0 bridgehead atoms. The van der Waals surface area contributed by atoms with E-state index in [0.29, 0.717) is 27.9 Å². The summed E-state index contributed by atoms with van der Waals surface area (Å²) in [5, 5.41) is 15.2. The van der Waals surface area contributed by atoms with Crippen LogP contribution in [0.3, 0.4) is 0 Å². The van der Waals surface area contributed by atoms with Crippen LogP contribution in [0.4, 0.5) is 5.69 Å². The number of thioether (sulfide) groups is 1. The average Bonchev–Trinajstić information content (AvgIpc) is 3.63. The van der Waals surface area contributed by atoms with E-state index in [1.807, 2.05) is 59.3 Å². The molecule has 0 saturated carbocycles. The van der Waals surface area contributed by atoms with Crippen LogP contribution in [0.25, 0.3) is 17.0 Å². The molecule has 0 unspecified atom stereocenters. The SMILES string of the molecule is CCOC(=O)C1=C(O)/C(=C/c2cn(CC(=O)NCc3ccco3)c3ccc(Br)cc23)SC1=Nc1ccccc1. The number of carbonyl (C=O) groups excluding carboxylic acids is 2. The number of esters is 1. The van der Waals surface area contributed by atoms with Crippen molar-refractivity contribution in [3.05, 3.63) is 105 Å². The fourth-order valence-electron chi connectivity index (χ4n) is 4.11. The van der Waals surface area contributed by atoms with Crippen LogP contribution < -0.4 is 5.32 Å². The maximum absolute atomic E-state index is 12.8. The molecule has 2 N–H and O–H groups in total. The number of carbonyl (C=O) groups is 2. The van der Waals surface area contributed by atoms with Crippen LogP contribution in [0.1, 0.15) is 18.2 Å². The van der Waals surface area contributed by atoms with Gasteiger partial charge in [-0.1, -0.05) is 45.9 Å². The number of aliphatic imine (C=N–C) groups is 1. The number of hydrogen-bond donors (Lipinski definition) is 2. The summed E-state index contributed by atoms with van der Waals surface area (Å²) in [6, 6.07) is 18.5. The van der Waals surface area contributed by atoms with Gasteiger partial charge in [-0.05, 0) is 55.5 Å². The zero-order valence-electron chi connectivity index (χ0n) is 20.9. The third-order valence-electron chi connectivity index (χ3n) is 5.87. The van der Waals surface area contributed by atoms with Crippen molar-refractivity contribution in [3.63, 3.8) is 0 Å². The molecule has 0 saturated heterocycles. The molecular formula is C29H24BrN3O5S. The number of benzene rings is 2. The Morgan fingerprint density at radius 1 is 1.18 bits per heavy atom. The number of hydrogen-bond acceptors (Lipinski definition) is 7. The number of furan rings is 1. The average molecular weight is 606 g/mol. The summed E-state index contributed by atoms with van der Waals surface area (Å²) in [6.45, 7) is 2.26. The number of nitrogens with zero attached hydrogens (tertiary/aromatic N) is 2. The van der Waals surface area contributed by atoms with E-state index in [1.165, 1.54) is 11.8 Å². The highest BCUT2D eigenvalue weighted by atomic mass is 79.9. The number of fused-ring (bicyclic) bond motifs is 1.